The van der Waals surface area contributed by atoms with Gasteiger partial charge in [-0.15, -0.1) is 0 Å². The number of carbonyl (C=O) groups excluding carboxylic acids is 1. The van der Waals surface area contributed by atoms with Crippen molar-refractivity contribution in [2.45, 2.75) is 59.0 Å². The Kier molecular flexibility index (Phi) is 5.40. The Hall–Kier alpha value is -1.81. The molecule has 168 valence electrons. The number of rotatable bonds is 3. The van der Waals surface area contributed by atoms with E-state index in [1.165, 1.54) is 35.2 Å². The highest BCUT2D eigenvalue weighted by atomic mass is 16.6. The molecule has 0 aromatic heterocycles. The number of aryl methyl sites for hydroxylation is 2. The van der Waals surface area contributed by atoms with Crippen LogP contribution in [0.2, 0.25) is 0 Å². The molecule has 0 amide bonds. The molecule has 0 N–H and O–H groups in total. The van der Waals surface area contributed by atoms with E-state index >= 15 is 0 Å². The zero-order valence-electron chi connectivity index (χ0n) is 19.5. The molecule has 0 bridgehead atoms. The van der Waals surface area contributed by atoms with Gasteiger partial charge in [-0.2, -0.15) is 0 Å². The lowest BCUT2D eigenvalue weighted by Crippen LogP contribution is -2.50. The summed E-state index contributed by atoms with van der Waals surface area (Å²) >= 11 is 0. The summed E-state index contributed by atoms with van der Waals surface area (Å²) in [6, 6.07) is 6.77. The highest BCUT2D eigenvalue weighted by Gasteiger charge is 2.55. The Labute approximate surface area is 187 Å². The number of piperazine rings is 1. The van der Waals surface area contributed by atoms with Gasteiger partial charge in [-0.3, -0.25) is 9.69 Å². The van der Waals surface area contributed by atoms with Crippen molar-refractivity contribution in [2.75, 3.05) is 37.6 Å². The average molecular weight is 423 g/mol. The molecule has 2 heterocycles. The molecule has 2 saturated heterocycles. The Morgan fingerprint density at radius 1 is 1.16 bits per heavy atom. The number of benzene rings is 1. The summed E-state index contributed by atoms with van der Waals surface area (Å²) in [6.07, 6.45) is 5.91. The first kappa shape index (κ1) is 21.1. The monoisotopic (exact) mass is 422 g/mol. The van der Waals surface area contributed by atoms with Gasteiger partial charge < -0.3 is 9.64 Å². The van der Waals surface area contributed by atoms with Gasteiger partial charge in [0, 0.05) is 44.3 Å². The molecule has 31 heavy (non-hydrogen) atoms. The van der Waals surface area contributed by atoms with E-state index in [-0.39, 0.29) is 23.4 Å². The summed E-state index contributed by atoms with van der Waals surface area (Å²) in [5.41, 5.74) is 5.73. The number of allylic oxidation sites excluding steroid dienone is 1. The van der Waals surface area contributed by atoms with E-state index in [0.29, 0.717) is 11.8 Å². The number of carbonyl (C=O) groups is 1. The lowest BCUT2D eigenvalue weighted by atomic mass is 9.55. The Balaban J connectivity index is 1.22. The zero-order chi connectivity index (χ0) is 21.8. The fourth-order valence-corrected chi connectivity index (χ4v) is 6.85. The molecule has 1 aromatic rings. The van der Waals surface area contributed by atoms with Gasteiger partial charge >= 0.3 is 5.97 Å². The number of nitrogens with zero attached hydrogens (tertiary/aromatic N) is 2. The molecule has 4 aliphatic rings. The predicted molar refractivity (Wildman–Crippen MR) is 125 cm³/mol. The average Bonchev–Trinajstić information content (AvgIpc) is 3.03. The molecule has 4 heteroatoms. The van der Waals surface area contributed by atoms with Crippen LogP contribution in [0.15, 0.2) is 30.4 Å². The minimum absolute atomic E-state index is 0.0393. The second-order valence-corrected chi connectivity index (χ2v) is 11.0. The summed E-state index contributed by atoms with van der Waals surface area (Å²) in [7, 11) is 0. The van der Waals surface area contributed by atoms with Gasteiger partial charge in [0.05, 0.1) is 5.92 Å². The van der Waals surface area contributed by atoms with Gasteiger partial charge in [-0.05, 0) is 80.5 Å². The minimum Gasteiger partial charge on any atom is -0.462 e. The third-order valence-corrected chi connectivity index (χ3v) is 9.00. The smallest absolute Gasteiger partial charge is 0.310 e. The molecular formula is C27H38N2O2. The summed E-state index contributed by atoms with van der Waals surface area (Å²) in [5.74, 6) is 1.04. The molecule has 5 atom stereocenters. The van der Waals surface area contributed by atoms with Crippen molar-refractivity contribution >= 4 is 11.7 Å². The van der Waals surface area contributed by atoms with Crippen LogP contribution in [-0.4, -0.2) is 49.7 Å². The molecule has 0 radical (unpaired) electrons. The molecule has 4 fully saturated rings. The van der Waals surface area contributed by atoms with E-state index in [1.54, 1.807) is 0 Å². The van der Waals surface area contributed by atoms with Gasteiger partial charge in [0.15, 0.2) is 0 Å². The third-order valence-electron chi connectivity index (χ3n) is 9.00. The van der Waals surface area contributed by atoms with Crippen molar-refractivity contribution in [3.05, 3.63) is 41.5 Å². The van der Waals surface area contributed by atoms with Crippen LogP contribution >= 0.6 is 0 Å². The summed E-state index contributed by atoms with van der Waals surface area (Å²) in [6.45, 7) is 16.1. The SMILES string of the molecule is C=C1CCC[C@]2(C)C[C@H]3OC(=O)[C@@H](CN4CCN(c5ccc(C)c(C)c5)CC4)[C@H]3C[C@H]12. The van der Waals surface area contributed by atoms with Crippen molar-refractivity contribution in [1.82, 2.24) is 4.90 Å². The highest BCUT2D eigenvalue weighted by Crippen LogP contribution is 2.56. The lowest BCUT2D eigenvalue weighted by Gasteiger charge is -2.50. The van der Waals surface area contributed by atoms with Crippen LogP contribution in [-0.2, 0) is 9.53 Å². The molecule has 0 spiro atoms. The van der Waals surface area contributed by atoms with Crippen LogP contribution < -0.4 is 4.90 Å². The second kappa shape index (κ2) is 7.95. The maximum Gasteiger partial charge on any atom is 0.310 e. The highest BCUT2D eigenvalue weighted by molar-refractivity contribution is 5.75. The van der Waals surface area contributed by atoms with Crippen molar-refractivity contribution < 1.29 is 9.53 Å². The van der Waals surface area contributed by atoms with Crippen molar-refractivity contribution in [3.8, 4) is 0 Å². The van der Waals surface area contributed by atoms with E-state index in [1.807, 2.05) is 0 Å². The lowest BCUT2D eigenvalue weighted by molar-refractivity contribution is -0.146. The zero-order valence-corrected chi connectivity index (χ0v) is 19.5. The van der Waals surface area contributed by atoms with Crippen LogP contribution in [0.25, 0.3) is 0 Å². The van der Waals surface area contributed by atoms with Gasteiger partial charge in [-0.25, -0.2) is 0 Å². The first-order valence-electron chi connectivity index (χ1n) is 12.3. The maximum absolute atomic E-state index is 12.9. The quantitative estimate of drug-likeness (QED) is 0.520. The van der Waals surface area contributed by atoms with Crippen molar-refractivity contribution in [2.24, 2.45) is 23.2 Å². The predicted octanol–water partition coefficient (Wildman–Crippen LogP) is 4.74. The van der Waals surface area contributed by atoms with E-state index in [9.17, 15) is 4.79 Å². The number of hydrogen-bond donors (Lipinski definition) is 0. The first-order valence-corrected chi connectivity index (χ1v) is 12.3. The number of esters is 1. The van der Waals surface area contributed by atoms with E-state index in [4.69, 9.17) is 4.74 Å². The van der Waals surface area contributed by atoms with Gasteiger partial charge in [-0.1, -0.05) is 25.1 Å². The normalized spacial score (nSPS) is 36.2. The number of fused-ring (bicyclic) bond motifs is 2. The molecule has 2 aliphatic heterocycles. The van der Waals surface area contributed by atoms with Crippen molar-refractivity contribution in [3.63, 3.8) is 0 Å². The van der Waals surface area contributed by atoms with Gasteiger partial charge in [0.1, 0.15) is 6.10 Å². The second-order valence-electron chi connectivity index (χ2n) is 11.0. The van der Waals surface area contributed by atoms with Crippen molar-refractivity contribution in [1.29, 1.82) is 0 Å². The van der Waals surface area contributed by atoms with E-state index in [2.05, 4.69) is 55.3 Å². The van der Waals surface area contributed by atoms with Crippen LogP contribution in [0.1, 0.15) is 50.2 Å². The fourth-order valence-electron chi connectivity index (χ4n) is 6.85. The fraction of sp³-hybridized carbons (Fsp3) is 0.667. The number of hydrogen-bond acceptors (Lipinski definition) is 4. The molecule has 2 aliphatic carbocycles. The number of anilines is 1. The van der Waals surface area contributed by atoms with Crippen LogP contribution in [0.3, 0.4) is 0 Å². The Morgan fingerprint density at radius 2 is 1.94 bits per heavy atom. The summed E-state index contributed by atoms with van der Waals surface area (Å²) in [5, 5.41) is 0. The molecule has 2 saturated carbocycles. The Bertz CT molecular complexity index is 872. The summed E-state index contributed by atoms with van der Waals surface area (Å²) < 4.78 is 5.98. The third kappa shape index (κ3) is 3.82. The van der Waals surface area contributed by atoms with Crippen LogP contribution in [0, 0.1) is 37.0 Å². The van der Waals surface area contributed by atoms with E-state index in [0.717, 1.165) is 52.0 Å². The Morgan fingerprint density at radius 3 is 2.68 bits per heavy atom. The van der Waals surface area contributed by atoms with Crippen LogP contribution in [0.5, 0.6) is 0 Å². The standard InChI is InChI=1S/C27H38N2O2/c1-18-7-8-21(14-20(18)3)29-12-10-28(11-13-29)17-23-22-15-24-19(2)6-5-9-27(24,4)16-25(22)31-26(23)30/h7-8,14,22-25H,2,5-6,9-13,15-17H2,1,3-4H3/t22-,23+,24-,25-,27-/m1/s1. The molecule has 1 aromatic carbocycles. The van der Waals surface area contributed by atoms with E-state index < -0.39 is 0 Å². The molecule has 0 unspecified atom stereocenters. The minimum atomic E-state index is 0.0393. The largest absolute Gasteiger partial charge is 0.462 e. The molecule has 4 nitrogen and oxygen atoms in total. The van der Waals surface area contributed by atoms with Crippen LogP contribution in [0.4, 0.5) is 5.69 Å². The molecular weight excluding hydrogens is 384 g/mol. The number of ether oxygens (including phenoxy) is 1. The van der Waals surface area contributed by atoms with Gasteiger partial charge in [0.25, 0.3) is 0 Å². The topological polar surface area (TPSA) is 32.8 Å². The molecule has 5 rings (SSSR count). The van der Waals surface area contributed by atoms with Gasteiger partial charge in [0.2, 0.25) is 0 Å². The maximum atomic E-state index is 12.9. The first-order chi connectivity index (χ1) is 14.8. The summed E-state index contributed by atoms with van der Waals surface area (Å²) in [4.78, 5) is 17.9.